The summed E-state index contributed by atoms with van der Waals surface area (Å²) in [6.45, 7) is 0. The van der Waals surface area contributed by atoms with Crippen molar-refractivity contribution in [3.63, 3.8) is 0 Å². The molecule has 0 aromatic rings. The molecule has 0 saturated carbocycles. The molecule has 10 nitrogen and oxygen atoms in total. The summed E-state index contributed by atoms with van der Waals surface area (Å²) in [5, 5.41) is 33.8. The molecule has 0 unspecified atom stereocenters. The zero-order valence-electron chi connectivity index (χ0n) is 9.57. The van der Waals surface area contributed by atoms with Gasteiger partial charge >= 0.3 is 71.1 Å². The average Bonchev–Trinajstić information content (AvgIpc) is 2.16. The number of carbonyl (C=O) groups excluding carboxylic acids is 4. The van der Waals surface area contributed by atoms with Crippen LogP contribution in [0.15, 0.2) is 0 Å². The van der Waals surface area contributed by atoms with Crippen LogP contribution in [0, 0.1) is 0 Å². The van der Waals surface area contributed by atoms with Gasteiger partial charge in [-0.25, -0.2) is 9.59 Å². The third kappa shape index (κ3) is 24.9. The monoisotopic (exact) mass is 284 g/mol. The zero-order valence-corrected chi connectivity index (χ0v) is 13.6. The number of carboxylic acids is 2. The van der Waals surface area contributed by atoms with Gasteiger partial charge in [-0.15, -0.1) is 0 Å². The van der Waals surface area contributed by atoms with Crippen molar-refractivity contribution in [1.29, 1.82) is 0 Å². The molecule has 12 heteroatoms. The van der Waals surface area contributed by atoms with Crippen molar-refractivity contribution in [2.24, 2.45) is 0 Å². The predicted octanol–water partition coefficient (Wildman–Crippen LogP) is -9.71. The van der Waals surface area contributed by atoms with E-state index in [0.717, 1.165) is 0 Å². The van der Waals surface area contributed by atoms with Crippen LogP contribution in [0.25, 0.3) is 0 Å². The molecule has 0 bridgehead atoms. The molecule has 0 saturated heterocycles. The molecule has 0 heterocycles. The van der Waals surface area contributed by atoms with Gasteiger partial charge in [-0.3, -0.25) is 0 Å². The summed E-state index contributed by atoms with van der Waals surface area (Å²) in [6, 6.07) is 0. The van der Waals surface area contributed by atoms with Crippen LogP contribution in [-0.2, 0) is 29.0 Å². The Morgan fingerprint density at radius 2 is 1.00 bits per heavy atom. The van der Waals surface area contributed by atoms with Gasteiger partial charge in [0.05, 0.1) is 24.8 Å². The van der Waals surface area contributed by atoms with E-state index in [9.17, 15) is 29.4 Å². The molecule has 0 aromatic heterocycles. The number of rotatable bonds is 4. The molecule has 0 aliphatic rings. The van der Waals surface area contributed by atoms with Crippen molar-refractivity contribution in [2.75, 3.05) is 0 Å². The quantitative estimate of drug-likeness (QED) is 0.218. The third-order valence-corrected chi connectivity index (χ3v) is 0.781. The fourth-order valence-corrected chi connectivity index (χ4v) is 0.300. The number of carboxylic acid groups (broad SMARTS) is 2. The maximum atomic E-state index is 9.73. The topological polar surface area (TPSA) is 173 Å². The van der Waals surface area contributed by atoms with E-state index in [1.54, 1.807) is 0 Å². The van der Waals surface area contributed by atoms with Crippen molar-refractivity contribution in [3.05, 3.63) is 0 Å². The van der Waals surface area contributed by atoms with Crippen molar-refractivity contribution < 1.29 is 109 Å². The van der Waals surface area contributed by atoms with Gasteiger partial charge in [0, 0.05) is 0 Å². The fraction of sp³-hybridized carbons (Fsp3) is 0.333. The molecular formula is C6H6Na2O10. The molecular weight excluding hydrogens is 278 g/mol. The van der Waals surface area contributed by atoms with Gasteiger partial charge < -0.3 is 29.6 Å². The predicted molar refractivity (Wildman–Crippen MR) is 36.7 cm³/mol. The second-order valence-electron chi connectivity index (χ2n) is 2.02. The smallest absolute Gasteiger partial charge is 0.550 e. The van der Waals surface area contributed by atoms with E-state index >= 15 is 0 Å². The Morgan fingerprint density at radius 3 is 1.06 bits per heavy atom. The van der Waals surface area contributed by atoms with Crippen LogP contribution in [0.2, 0.25) is 0 Å². The van der Waals surface area contributed by atoms with Gasteiger partial charge in [0.1, 0.15) is 0 Å². The van der Waals surface area contributed by atoms with Crippen LogP contribution in [0.1, 0.15) is 12.8 Å². The summed E-state index contributed by atoms with van der Waals surface area (Å²) in [7, 11) is 0. The summed E-state index contributed by atoms with van der Waals surface area (Å²) >= 11 is 0. The summed E-state index contributed by atoms with van der Waals surface area (Å²) in [6.07, 6.45) is -1.84. The second kappa shape index (κ2) is 16.8. The minimum Gasteiger partial charge on any atom is -0.550 e. The van der Waals surface area contributed by atoms with E-state index in [-0.39, 0.29) is 59.1 Å². The van der Waals surface area contributed by atoms with Crippen molar-refractivity contribution in [3.8, 4) is 0 Å². The number of carbonyl (C=O) groups is 4. The third-order valence-electron chi connectivity index (χ3n) is 0.781. The van der Waals surface area contributed by atoms with E-state index in [1.165, 1.54) is 0 Å². The van der Waals surface area contributed by atoms with Gasteiger partial charge in [0.25, 0.3) is 0 Å². The van der Waals surface area contributed by atoms with E-state index in [2.05, 4.69) is 9.78 Å². The van der Waals surface area contributed by atoms with Crippen molar-refractivity contribution >= 4 is 23.9 Å². The molecule has 0 radical (unpaired) electrons. The first kappa shape index (κ1) is 26.4. The molecule has 0 atom stereocenters. The number of hydrogen-bond donors (Lipinski definition) is 2. The maximum absolute atomic E-state index is 9.73. The average molecular weight is 284 g/mol. The Hall–Kier alpha value is -0.200. The first-order valence-electron chi connectivity index (χ1n) is 3.41. The van der Waals surface area contributed by atoms with E-state index in [4.69, 9.17) is 10.5 Å². The Labute approximate surface area is 144 Å². The molecule has 92 valence electrons. The van der Waals surface area contributed by atoms with E-state index in [1.807, 2.05) is 0 Å². The van der Waals surface area contributed by atoms with Gasteiger partial charge in [-0.05, 0) is 0 Å². The SMILES string of the molecule is O=C([O-])CC(=O)OO.O=C([O-])CC(=O)OO.[Na+].[Na+]. The van der Waals surface area contributed by atoms with Gasteiger partial charge in [0.15, 0.2) is 0 Å². The largest absolute Gasteiger partial charge is 1.00 e. The molecule has 0 spiro atoms. The first-order chi connectivity index (χ1) is 7.33. The molecule has 2 N–H and O–H groups in total. The van der Waals surface area contributed by atoms with E-state index < -0.39 is 36.7 Å². The van der Waals surface area contributed by atoms with E-state index in [0.29, 0.717) is 0 Å². The van der Waals surface area contributed by atoms with Crippen molar-refractivity contribution in [2.45, 2.75) is 12.8 Å². The van der Waals surface area contributed by atoms with Crippen LogP contribution in [-0.4, -0.2) is 34.4 Å². The standard InChI is InChI=1S/2C3H4O5.2Na/c2*4-2(5)1-3(6)8-7;;/h2*7H,1H2,(H,4,5);;/q;;2*+1/p-2. The van der Waals surface area contributed by atoms with Crippen LogP contribution < -0.4 is 69.3 Å². The fourth-order valence-electron chi connectivity index (χ4n) is 0.300. The summed E-state index contributed by atoms with van der Waals surface area (Å²) < 4.78 is 0. The molecule has 18 heavy (non-hydrogen) atoms. The Balaban J connectivity index is -0.0000000980. The number of hydrogen-bond acceptors (Lipinski definition) is 10. The first-order valence-corrected chi connectivity index (χ1v) is 3.41. The van der Waals surface area contributed by atoms with Crippen LogP contribution in [0.4, 0.5) is 0 Å². The Morgan fingerprint density at radius 1 is 0.778 bits per heavy atom. The molecule has 0 amide bonds. The second-order valence-corrected chi connectivity index (χ2v) is 2.02. The molecule has 0 aliphatic heterocycles. The summed E-state index contributed by atoms with van der Waals surface area (Å²) in [4.78, 5) is 44.4. The van der Waals surface area contributed by atoms with Crippen molar-refractivity contribution in [1.82, 2.24) is 0 Å². The van der Waals surface area contributed by atoms with Gasteiger partial charge in [-0.1, -0.05) is 0 Å². The summed E-state index contributed by atoms with van der Waals surface area (Å²) in [5.41, 5.74) is 0. The maximum Gasteiger partial charge on any atom is 1.00 e. The van der Waals surface area contributed by atoms with Crippen LogP contribution in [0.5, 0.6) is 0 Å². The van der Waals surface area contributed by atoms with Crippen LogP contribution >= 0.6 is 0 Å². The zero-order chi connectivity index (χ0) is 13.1. The molecule has 0 aromatic carbocycles. The van der Waals surface area contributed by atoms with Gasteiger partial charge in [-0.2, -0.15) is 10.5 Å². The minimum absolute atomic E-state index is 0. The normalized spacial score (nSPS) is 7.22. The van der Waals surface area contributed by atoms with Gasteiger partial charge in [0.2, 0.25) is 0 Å². The van der Waals surface area contributed by atoms with Crippen LogP contribution in [0.3, 0.4) is 0 Å². The minimum atomic E-state index is -1.58. The molecule has 0 fully saturated rings. The molecule has 0 rings (SSSR count). The number of aliphatic carboxylic acids is 2. The Kier molecular flexibility index (Phi) is 24.6. The summed E-state index contributed by atoms with van der Waals surface area (Å²) in [5.74, 6) is -5.62. The molecule has 0 aliphatic carbocycles. The Bertz CT molecular complexity index is 250.